The number of benzene rings is 2. The Kier molecular flexibility index (Phi) is 7.80. The van der Waals surface area contributed by atoms with Gasteiger partial charge in [0.25, 0.3) is 5.91 Å². The molecule has 0 atom stereocenters. The van der Waals surface area contributed by atoms with E-state index in [4.69, 9.17) is 15.3 Å². The van der Waals surface area contributed by atoms with Gasteiger partial charge in [-0.3, -0.25) is 4.79 Å². The third kappa shape index (κ3) is 6.41. The molecule has 4 aromatic rings. The number of hydrazine groups is 1. The minimum atomic E-state index is -1.29. The van der Waals surface area contributed by atoms with Crippen LogP contribution in [0.1, 0.15) is 39.2 Å². The molecule has 4 N–H and O–H groups in total. The maximum atomic E-state index is 14.1. The van der Waals surface area contributed by atoms with Crippen LogP contribution in [0.15, 0.2) is 73.2 Å². The highest BCUT2D eigenvalue weighted by Crippen LogP contribution is 2.32. The number of carbonyl (C=O) groups is 2. The molecule has 1 saturated heterocycles. The lowest BCUT2D eigenvalue weighted by atomic mass is 9.86. The Bertz CT molecular complexity index is 1510. The van der Waals surface area contributed by atoms with Crippen LogP contribution in [0.25, 0.3) is 11.0 Å². The molecule has 1 aliphatic heterocycles. The number of fused-ring (bicyclic) bond motifs is 1. The zero-order valence-electron chi connectivity index (χ0n) is 23.5. The molecule has 214 valence electrons. The van der Waals surface area contributed by atoms with Crippen LogP contribution in [0.5, 0.6) is 5.75 Å². The summed E-state index contributed by atoms with van der Waals surface area (Å²) in [6.45, 7) is 6.60. The predicted molar refractivity (Wildman–Crippen MR) is 156 cm³/mol. The van der Waals surface area contributed by atoms with Gasteiger partial charge in [-0.1, -0.05) is 36.4 Å². The van der Waals surface area contributed by atoms with E-state index in [1.165, 1.54) is 6.33 Å². The number of amides is 2. The number of nitrogens with one attached hydrogen (secondary N) is 2. The van der Waals surface area contributed by atoms with E-state index in [-0.39, 0.29) is 0 Å². The molecule has 1 fully saturated rings. The molecule has 0 spiro atoms. The van der Waals surface area contributed by atoms with Crippen LogP contribution in [0.3, 0.4) is 0 Å². The van der Waals surface area contributed by atoms with Crippen molar-refractivity contribution in [1.29, 1.82) is 0 Å². The number of nitrogens with zero attached hydrogens (tertiary/aromatic N) is 4. The van der Waals surface area contributed by atoms with Crippen molar-refractivity contribution >= 4 is 34.5 Å². The van der Waals surface area contributed by atoms with Crippen molar-refractivity contribution in [3.63, 3.8) is 0 Å². The van der Waals surface area contributed by atoms with Crippen LogP contribution in [-0.2, 0) is 16.1 Å². The number of aromatic amines is 1. The van der Waals surface area contributed by atoms with Gasteiger partial charge in [0.1, 0.15) is 41.3 Å². The van der Waals surface area contributed by atoms with E-state index in [2.05, 4.69) is 25.2 Å². The van der Waals surface area contributed by atoms with E-state index in [1.54, 1.807) is 45.0 Å². The van der Waals surface area contributed by atoms with Crippen molar-refractivity contribution in [3.05, 3.63) is 78.8 Å². The number of carbonyl (C=O) groups excluding carboxylic acids is 2. The third-order valence-electron chi connectivity index (χ3n) is 6.96. The minimum absolute atomic E-state index is 0.291. The Morgan fingerprint density at radius 2 is 1.83 bits per heavy atom. The molecule has 2 aromatic heterocycles. The number of alkyl carbamates (subject to hydrolysis) is 1. The second kappa shape index (κ2) is 11.5. The Morgan fingerprint density at radius 1 is 1.07 bits per heavy atom. The molecular formula is C30H35N7O4. The zero-order chi connectivity index (χ0) is 29.0. The molecule has 0 saturated carbocycles. The van der Waals surface area contributed by atoms with Gasteiger partial charge in [-0.05, 0) is 57.4 Å². The monoisotopic (exact) mass is 557 g/mol. The van der Waals surface area contributed by atoms with Crippen molar-refractivity contribution in [2.75, 3.05) is 23.0 Å². The summed E-state index contributed by atoms with van der Waals surface area (Å²) < 4.78 is 11.5. The third-order valence-corrected chi connectivity index (χ3v) is 6.96. The molecule has 2 amide bonds. The number of piperidine rings is 1. The summed E-state index contributed by atoms with van der Waals surface area (Å²) in [4.78, 5) is 41.0. The smallest absolute Gasteiger partial charge is 0.408 e. The van der Waals surface area contributed by atoms with Crippen LogP contribution in [0.2, 0.25) is 0 Å². The molecule has 11 nitrogen and oxygen atoms in total. The van der Waals surface area contributed by atoms with Gasteiger partial charge in [-0.25, -0.2) is 25.6 Å². The molecule has 11 heteroatoms. The second-order valence-electron chi connectivity index (χ2n) is 11.1. The topological polar surface area (TPSA) is 139 Å². The zero-order valence-corrected chi connectivity index (χ0v) is 23.5. The first-order valence-corrected chi connectivity index (χ1v) is 13.5. The number of rotatable bonds is 7. The predicted octanol–water partition coefficient (Wildman–Crippen LogP) is 4.31. The lowest BCUT2D eigenvalue weighted by Crippen LogP contribution is -2.65. The highest BCUT2D eigenvalue weighted by Gasteiger charge is 2.46. The maximum absolute atomic E-state index is 14.1. The lowest BCUT2D eigenvalue weighted by Gasteiger charge is -2.43. The largest absolute Gasteiger partial charge is 0.489 e. The highest BCUT2D eigenvalue weighted by molar-refractivity contribution is 6.01. The SMILES string of the molecule is CC(C)(C)OC(=O)NC1(C(=O)N(N)c2cccc(OCc3ccccc3)c2)CCN(c2ncnc3[nH]ccc23)CC1. The summed E-state index contributed by atoms with van der Waals surface area (Å²) >= 11 is 0. The molecular weight excluding hydrogens is 522 g/mol. The average Bonchev–Trinajstić information content (AvgIpc) is 3.45. The molecule has 0 unspecified atom stereocenters. The number of hydrogen-bond donors (Lipinski definition) is 3. The molecule has 3 heterocycles. The first-order valence-electron chi connectivity index (χ1n) is 13.5. The van der Waals surface area contributed by atoms with Crippen LogP contribution < -0.4 is 25.8 Å². The molecule has 0 radical (unpaired) electrons. The van der Waals surface area contributed by atoms with Gasteiger partial charge in [-0.2, -0.15) is 0 Å². The van der Waals surface area contributed by atoms with Gasteiger partial charge in [0.15, 0.2) is 0 Å². The summed E-state index contributed by atoms with van der Waals surface area (Å²) in [5.74, 6) is 7.32. The van der Waals surface area contributed by atoms with E-state index in [9.17, 15) is 9.59 Å². The summed E-state index contributed by atoms with van der Waals surface area (Å²) in [6, 6.07) is 18.7. The van der Waals surface area contributed by atoms with Gasteiger partial charge in [0.2, 0.25) is 0 Å². The van der Waals surface area contributed by atoms with Crippen LogP contribution in [0, 0.1) is 0 Å². The second-order valence-corrected chi connectivity index (χ2v) is 11.1. The van der Waals surface area contributed by atoms with Crippen LogP contribution in [-0.4, -0.2) is 51.2 Å². The van der Waals surface area contributed by atoms with E-state index in [1.807, 2.05) is 42.6 Å². The number of nitrogens with two attached hydrogens (primary N) is 1. The Morgan fingerprint density at radius 3 is 2.56 bits per heavy atom. The van der Waals surface area contributed by atoms with Crippen molar-refractivity contribution in [2.24, 2.45) is 5.84 Å². The number of hydrogen-bond acceptors (Lipinski definition) is 8. The van der Waals surface area contributed by atoms with E-state index >= 15 is 0 Å². The molecule has 5 rings (SSSR count). The van der Waals surface area contributed by atoms with E-state index < -0.39 is 23.1 Å². The normalized spacial score (nSPS) is 14.9. The highest BCUT2D eigenvalue weighted by atomic mass is 16.6. The molecule has 2 aromatic carbocycles. The van der Waals surface area contributed by atoms with E-state index in [0.717, 1.165) is 27.4 Å². The standard InChI is InChI=1S/C30H35N7O4/c1-29(2,3)41-28(39)35-30(13-16-36(17-14-30)26-24-12-15-32-25(24)33-20-34-26)27(38)37(31)22-10-7-11-23(18-22)40-19-21-8-5-4-6-9-21/h4-12,15,18,20H,13-14,16-17,19,31H2,1-3H3,(H,35,39)(H,32,33,34). The maximum Gasteiger partial charge on any atom is 0.408 e. The lowest BCUT2D eigenvalue weighted by molar-refractivity contribution is -0.126. The van der Waals surface area contributed by atoms with Gasteiger partial charge >= 0.3 is 6.09 Å². The first-order chi connectivity index (χ1) is 19.6. The Balaban J connectivity index is 1.36. The van der Waals surface area contributed by atoms with Crippen molar-refractivity contribution in [2.45, 2.75) is 51.4 Å². The molecule has 0 aliphatic carbocycles. The Hall–Kier alpha value is -4.64. The van der Waals surface area contributed by atoms with Crippen molar-refractivity contribution in [1.82, 2.24) is 20.3 Å². The summed E-state index contributed by atoms with van der Waals surface area (Å²) in [5.41, 5.74) is 0.170. The quantitative estimate of drug-likeness (QED) is 0.174. The number of aromatic nitrogens is 3. The number of H-pyrrole nitrogens is 1. The number of ether oxygens (including phenoxy) is 2. The van der Waals surface area contributed by atoms with Crippen molar-refractivity contribution in [3.8, 4) is 5.75 Å². The van der Waals surface area contributed by atoms with Gasteiger partial charge in [0.05, 0.1) is 11.1 Å². The van der Waals surface area contributed by atoms with Gasteiger partial charge in [-0.15, -0.1) is 0 Å². The summed E-state index contributed by atoms with van der Waals surface area (Å²) in [6.07, 6.45) is 3.23. The van der Waals surface area contributed by atoms with Crippen LogP contribution in [0.4, 0.5) is 16.3 Å². The summed E-state index contributed by atoms with van der Waals surface area (Å²) in [7, 11) is 0. The fraction of sp³-hybridized carbons (Fsp3) is 0.333. The van der Waals surface area contributed by atoms with Gasteiger partial charge < -0.3 is 24.7 Å². The minimum Gasteiger partial charge on any atom is -0.489 e. The molecule has 0 bridgehead atoms. The van der Waals surface area contributed by atoms with E-state index in [0.29, 0.717) is 44.0 Å². The van der Waals surface area contributed by atoms with Crippen LogP contribution >= 0.6 is 0 Å². The first kappa shape index (κ1) is 27.9. The molecule has 41 heavy (non-hydrogen) atoms. The van der Waals surface area contributed by atoms with Crippen molar-refractivity contribution < 1.29 is 19.1 Å². The fourth-order valence-electron chi connectivity index (χ4n) is 4.91. The fourth-order valence-corrected chi connectivity index (χ4v) is 4.91. The summed E-state index contributed by atoms with van der Waals surface area (Å²) in [5, 5.41) is 4.84. The Labute approximate surface area is 238 Å². The van der Waals surface area contributed by atoms with Gasteiger partial charge in [0, 0.05) is 25.4 Å². The average molecular weight is 558 g/mol. The molecule has 1 aliphatic rings. The number of anilines is 2.